The van der Waals surface area contributed by atoms with E-state index in [-0.39, 0.29) is 43.9 Å². The number of methoxy groups -OCH3 is 1. The summed E-state index contributed by atoms with van der Waals surface area (Å²) in [6, 6.07) is 4.61. The number of aliphatic hydroxyl groups excluding tert-OH is 1. The predicted molar refractivity (Wildman–Crippen MR) is 99.8 cm³/mol. The van der Waals surface area contributed by atoms with Gasteiger partial charge in [-0.2, -0.15) is 0 Å². The van der Waals surface area contributed by atoms with Crippen molar-refractivity contribution in [2.24, 2.45) is 5.73 Å². The Labute approximate surface area is 168 Å². The molecule has 29 heavy (non-hydrogen) atoms. The number of nitrogens with two attached hydrogens (primary N) is 1. The minimum absolute atomic E-state index is 0.138. The fraction of sp³-hybridized carbons (Fsp3) is 0.526. The lowest BCUT2D eigenvalue weighted by atomic mass is 10.0. The highest BCUT2D eigenvalue weighted by atomic mass is 16.7. The number of rotatable bonds is 8. The number of carbonyl (C=O) groups excluding carboxylic acids is 3. The highest BCUT2D eigenvalue weighted by Crippen LogP contribution is 2.28. The summed E-state index contributed by atoms with van der Waals surface area (Å²) < 4.78 is 21.4. The van der Waals surface area contributed by atoms with Gasteiger partial charge in [0.25, 0.3) is 5.91 Å². The van der Waals surface area contributed by atoms with Crippen LogP contribution in [0.3, 0.4) is 0 Å². The summed E-state index contributed by atoms with van der Waals surface area (Å²) in [7, 11) is 1.23. The Hall–Kier alpha value is -2.69. The zero-order chi connectivity index (χ0) is 21.4. The summed E-state index contributed by atoms with van der Waals surface area (Å²) in [6.45, 7) is 1.54. The fourth-order valence-electron chi connectivity index (χ4n) is 2.91. The summed E-state index contributed by atoms with van der Waals surface area (Å²) in [5.74, 6) is -1.35. The molecule has 2 rings (SSSR count). The van der Waals surface area contributed by atoms with Crippen LogP contribution in [0.2, 0.25) is 0 Å². The van der Waals surface area contributed by atoms with Crippen LogP contribution in [0.5, 0.6) is 5.75 Å². The Morgan fingerprint density at radius 1 is 1.31 bits per heavy atom. The van der Waals surface area contributed by atoms with Gasteiger partial charge in [-0.05, 0) is 17.7 Å². The first-order valence-electron chi connectivity index (χ1n) is 9.17. The Morgan fingerprint density at radius 3 is 2.69 bits per heavy atom. The van der Waals surface area contributed by atoms with E-state index >= 15 is 0 Å². The zero-order valence-corrected chi connectivity index (χ0v) is 16.4. The van der Waals surface area contributed by atoms with E-state index in [1.54, 1.807) is 6.07 Å². The molecule has 1 aliphatic rings. The second-order valence-electron chi connectivity index (χ2n) is 6.43. The molecule has 1 amide bonds. The number of carbonyl (C=O) groups is 3. The minimum Gasteiger partial charge on any atom is -0.467 e. The molecule has 1 aromatic carbocycles. The maximum atomic E-state index is 12.5. The molecule has 3 unspecified atom stereocenters. The van der Waals surface area contributed by atoms with Gasteiger partial charge in [0.2, 0.25) is 6.29 Å². The van der Waals surface area contributed by atoms with Crippen molar-refractivity contribution in [3.63, 3.8) is 0 Å². The second kappa shape index (κ2) is 10.7. The van der Waals surface area contributed by atoms with Crippen LogP contribution in [-0.2, 0) is 30.4 Å². The first-order chi connectivity index (χ1) is 13.9. The number of ether oxygens (including phenoxy) is 4. The van der Waals surface area contributed by atoms with Crippen molar-refractivity contribution in [3.8, 4) is 5.75 Å². The fourth-order valence-corrected chi connectivity index (χ4v) is 2.91. The summed E-state index contributed by atoms with van der Waals surface area (Å²) in [5.41, 5.74) is 6.12. The van der Waals surface area contributed by atoms with E-state index in [0.717, 1.165) is 0 Å². The number of benzene rings is 1. The van der Waals surface area contributed by atoms with Gasteiger partial charge in [0.05, 0.1) is 19.3 Å². The molecular formula is C19H26N2O8. The summed E-state index contributed by atoms with van der Waals surface area (Å²) in [4.78, 5) is 35.7. The first-order valence-corrected chi connectivity index (χ1v) is 9.17. The highest BCUT2D eigenvalue weighted by Gasteiger charge is 2.37. The van der Waals surface area contributed by atoms with Crippen molar-refractivity contribution < 1.29 is 38.4 Å². The van der Waals surface area contributed by atoms with Gasteiger partial charge in [-0.15, -0.1) is 0 Å². The average molecular weight is 410 g/mol. The average Bonchev–Trinajstić information content (AvgIpc) is 2.70. The third kappa shape index (κ3) is 6.41. The smallest absolute Gasteiger partial charge is 0.335 e. The lowest BCUT2D eigenvalue weighted by Crippen LogP contribution is -2.44. The van der Waals surface area contributed by atoms with E-state index < -0.39 is 36.3 Å². The molecule has 1 saturated heterocycles. The molecule has 10 nitrogen and oxygen atoms in total. The molecule has 0 aliphatic carbocycles. The molecule has 1 fully saturated rings. The molecule has 0 aromatic heterocycles. The Kier molecular flexibility index (Phi) is 8.37. The van der Waals surface area contributed by atoms with E-state index in [2.05, 4.69) is 5.32 Å². The van der Waals surface area contributed by atoms with E-state index in [1.807, 2.05) is 0 Å². The van der Waals surface area contributed by atoms with Gasteiger partial charge < -0.3 is 35.1 Å². The van der Waals surface area contributed by atoms with Crippen molar-refractivity contribution in [2.45, 2.75) is 44.9 Å². The van der Waals surface area contributed by atoms with Gasteiger partial charge in [-0.3, -0.25) is 9.59 Å². The molecule has 1 heterocycles. The molecular weight excluding hydrogens is 384 g/mol. The summed E-state index contributed by atoms with van der Waals surface area (Å²) in [5, 5.41) is 12.0. The molecule has 10 heteroatoms. The molecule has 160 valence electrons. The van der Waals surface area contributed by atoms with Crippen LogP contribution >= 0.6 is 0 Å². The van der Waals surface area contributed by atoms with Gasteiger partial charge in [-0.25, -0.2) is 4.79 Å². The van der Waals surface area contributed by atoms with Gasteiger partial charge in [0.1, 0.15) is 11.9 Å². The van der Waals surface area contributed by atoms with Crippen LogP contribution in [0.1, 0.15) is 35.7 Å². The topological polar surface area (TPSA) is 146 Å². The molecule has 0 bridgehead atoms. The zero-order valence-electron chi connectivity index (χ0n) is 16.4. The second-order valence-corrected chi connectivity index (χ2v) is 6.43. The van der Waals surface area contributed by atoms with E-state index in [9.17, 15) is 19.5 Å². The third-order valence-corrected chi connectivity index (χ3v) is 4.20. The van der Waals surface area contributed by atoms with E-state index in [4.69, 9.17) is 24.7 Å². The van der Waals surface area contributed by atoms with Crippen molar-refractivity contribution in [2.75, 3.05) is 20.2 Å². The molecule has 1 aliphatic heterocycles. The van der Waals surface area contributed by atoms with Crippen LogP contribution in [0, 0.1) is 0 Å². The SMILES string of the molecule is COC(=O)C1CC(OC(C)=O)CC(Oc2ccc(CO)cc2C(=O)NCCN)O1. The van der Waals surface area contributed by atoms with Crippen molar-refractivity contribution in [3.05, 3.63) is 29.3 Å². The number of hydrogen-bond donors (Lipinski definition) is 3. The Morgan fingerprint density at radius 2 is 2.07 bits per heavy atom. The van der Waals surface area contributed by atoms with Crippen molar-refractivity contribution in [1.82, 2.24) is 5.32 Å². The van der Waals surface area contributed by atoms with Crippen molar-refractivity contribution in [1.29, 1.82) is 0 Å². The van der Waals surface area contributed by atoms with Crippen LogP contribution in [0.4, 0.5) is 0 Å². The maximum absolute atomic E-state index is 12.5. The van der Waals surface area contributed by atoms with E-state index in [0.29, 0.717) is 5.56 Å². The van der Waals surface area contributed by atoms with Crippen LogP contribution < -0.4 is 15.8 Å². The largest absolute Gasteiger partial charge is 0.467 e. The number of amides is 1. The number of hydrogen-bond acceptors (Lipinski definition) is 9. The molecule has 0 saturated carbocycles. The lowest BCUT2D eigenvalue weighted by Gasteiger charge is -2.33. The van der Waals surface area contributed by atoms with Crippen molar-refractivity contribution >= 4 is 17.8 Å². The first kappa shape index (κ1) is 22.6. The Balaban J connectivity index is 2.23. The molecule has 1 aromatic rings. The van der Waals surface area contributed by atoms with Gasteiger partial charge in [0.15, 0.2) is 6.10 Å². The highest BCUT2D eigenvalue weighted by molar-refractivity contribution is 5.97. The van der Waals surface area contributed by atoms with E-state index in [1.165, 1.54) is 26.2 Å². The molecule has 0 radical (unpaired) electrons. The quantitative estimate of drug-likeness (QED) is 0.498. The van der Waals surface area contributed by atoms with Gasteiger partial charge in [-0.1, -0.05) is 6.07 Å². The van der Waals surface area contributed by atoms with Gasteiger partial charge >= 0.3 is 11.9 Å². The van der Waals surface area contributed by atoms with Crippen LogP contribution in [-0.4, -0.2) is 61.6 Å². The molecule has 3 atom stereocenters. The minimum atomic E-state index is -0.977. The predicted octanol–water partition coefficient (Wildman–Crippen LogP) is -0.144. The monoisotopic (exact) mass is 410 g/mol. The summed E-state index contributed by atoms with van der Waals surface area (Å²) in [6.07, 6.45) is -2.24. The van der Waals surface area contributed by atoms with Crippen LogP contribution in [0.15, 0.2) is 18.2 Å². The maximum Gasteiger partial charge on any atom is 0.335 e. The number of nitrogens with one attached hydrogen (secondary N) is 1. The third-order valence-electron chi connectivity index (χ3n) is 4.20. The summed E-state index contributed by atoms with van der Waals surface area (Å²) >= 11 is 0. The normalized spacial score (nSPS) is 21.2. The molecule has 0 spiro atoms. The number of aliphatic hydroxyl groups is 1. The Bertz CT molecular complexity index is 739. The standard InChI is InChI=1S/C19H26N2O8/c1-11(23)27-13-8-16(19(25)26-2)29-17(9-13)28-15-4-3-12(10-22)7-14(15)18(24)21-6-5-20/h3-4,7,13,16-17,22H,5-6,8-10,20H2,1-2H3,(H,21,24). The lowest BCUT2D eigenvalue weighted by molar-refractivity contribution is -0.204. The number of esters is 2. The van der Waals surface area contributed by atoms with Crippen LogP contribution in [0.25, 0.3) is 0 Å². The molecule has 4 N–H and O–H groups in total. The van der Waals surface area contributed by atoms with Gasteiger partial charge in [0, 0.05) is 32.9 Å².